The van der Waals surface area contributed by atoms with Crippen LogP contribution < -0.4 is 0 Å². The number of amides is 1. The predicted octanol–water partition coefficient (Wildman–Crippen LogP) is 5.68. The number of hydrogen-bond acceptors (Lipinski definition) is 3. The van der Waals surface area contributed by atoms with Crippen LogP contribution in [0.25, 0.3) is 22.2 Å². The van der Waals surface area contributed by atoms with E-state index in [1.807, 2.05) is 35.4 Å². The number of halogens is 1. The lowest BCUT2D eigenvalue weighted by Crippen LogP contribution is -2.65. The van der Waals surface area contributed by atoms with E-state index in [4.69, 9.17) is 16.0 Å². The van der Waals surface area contributed by atoms with E-state index in [1.165, 1.54) is 0 Å². The average Bonchev–Trinajstić information content (AvgIpc) is 3.39. The first-order valence-electron chi connectivity index (χ1n) is 11.8. The highest BCUT2D eigenvalue weighted by Gasteiger charge is 2.56. The molecule has 2 aliphatic carbocycles. The lowest BCUT2D eigenvalue weighted by Gasteiger charge is -2.59. The van der Waals surface area contributed by atoms with Crippen LogP contribution in [0.2, 0.25) is 5.22 Å². The average molecular weight is 467 g/mol. The van der Waals surface area contributed by atoms with E-state index in [1.54, 1.807) is 6.07 Å². The Morgan fingerprint density at radius 1 is 1.21 bits per heavy atom. The fraction of sp³-hybridized carbons (Fsp3) is 0.462. The minimum Gasteiger partial charge on any atom is -0.481 e. The summed E-state index contributed by atoms with van der Waals surface area (Å²) in [5.41, 5.74) is 2.98. The van der Waals surface area contributed by atoms with Crippen molar-refractivity contribution in [3.8, 4) is 11.3 Å². The van der Waals surface area contributed by atoms with Gasteiger partial charge < -0.3 is 19.4 Å². The number of rotatable bonds is 5. The van der Waals surface area contributed by atoms with Crippen molar-refractivity contribution in [2.45, 2.75) is 57.0 Å². The van der Waals surface area contributed by atoms with Crippen LogP contribution in [0.4, 0.5) is 0 Å². The van der Waals surface area contributed by atoms with Gasteiger partial charge in [-0.05, 0) is 78.8 Å². The third-order valence-corrected chi connectivity index (χ3v) is 8.43. The normalized spacial score (nSPS) is 29.0. The molecule has 0 radical (unpaired) electrons. The summed E-state index contributed by atoms with van der Waals surface area (Å²) in [6.45, 7) is 2.07. The second-order valence-corrected chi connectivity index (χ2v) is 10.5. The topological polar surface area (TPSA) is 86.5 Å². The summed E-state index contributed by atoms with van der Waals surface area (Å²) in [5, 5.41) is 11.2. The van der Waals surface area contributed by atoms with Crippen molar-refractivity contribution in [2.24, 2.45) is 17.8 Å². The maximum atomic E-state index is 13.6. The van der Waals surface area contributed by atoms with Crippen molar-refractivity contribution in [3.63, 3.8) is 0 Å². The monoisotopic (exact) mass is 466 g/mol. The molecule has 4 bridgehead atoms. The molecule has 6 atom stereocenters. The Balaban J connectivity index is 1.29. The molecule has 1 amide bonds. The molecule has 2 aliphatic heterocycles. The minimum absolute atomic E-state index is 0.0294. The van der Waals surface area contributed by atoms with Crippen LogP contribution in [0, 0.1) is 17.8 Å². The Bertz CT molecular complexity index is 1250. The van der Waals surface area contributed by atoms with Gasteiger partial charge in [-0.25, -0.2) is 0 Å². The van der Waals surface area contributed by atoms with Gasteiger partial charge in [-0.15, -0.1) is 0 Å². The number of nitrogens with zero attached hydrogens (tertiary/aromatic N) is 1. The molecule has 2 aromatic heterocycles. The molecule has 2 saturated carbocycles. The third-order valence-electron chi connectivity index (χ3n) is 8.22. The van der Waals surface area contributed by atoms with Crippen molar-refractivity contribution < 1.29 is 19.1 Å². The van der Waals surface area contributed by atoms with Crippen molar-refractivity contribution in [1.29, 1.82) is 0 Å². The van der Waals surface area contributed by atoms with Gasteiger partial charge in [0.1, 0.15) is 5.76 Å². The van der Waals surface area contributed by atoms with Gasteiger partial charge in [0.05, 0.1) is 5.92 Å². The van der Waals surface area contributed by atoms with Gasteiger partial charge in [-0.1, -0.05) is 19.1 Å². The molecule has 2 N–H and O–H groups in total. The lowest BCUT2D eigenvalue weighted by atomic mass is 9.58. The maximum Gasteiger partial charge on any atom is 0.308 e. The van der Waals surface area contributed by atoms with Gasteiger partial charge in [-0.2, -0.15) is 0 Å². The number of hydrogen-bond donors (Lipinski definition) is 2. The molecule has 4 heterocycles. The van der Waals surface area contributed by atoms with Gasteiger partial charge >= 0.3 is 5.97 Å². The first-order chi connectivity index (χ1) is 15.9. The summed E-state index contributed by atoms with van der Waals surface area (Å²) in [6, 6.07) is 9.62. The van der Waals surface area contributed by atoms with Crippen molar-refractivity contribution >= 4 is 34.4 Å². The maximum absolute atomic E-state index is 13.6. The number of benzene rings is 1. The Morgan fingerprint density at radius 3 is 2.82 bits per heavy atom. The molecule has 6 unspecified atom stereocenters. The number of carbonyl (C=O) groups excluding carboxylic acids is 1. The number of nitrogens with one attached hydrogen (secondary N) is 1. The largest absolute Gasteiger partial charge is 0.481 e. The first-order valence-corrected chi connectivity index (χ1v) is 12.2. The van der Waals surface area contributed by atoms with Crippen LogP contribution in [-0.4, -0.2) is 39.0 Å². The molecule has 6 nitrogen and oxygen atoms in total. The first kappa shape index (κ1) is 20.8. The summed E-state index contributed by atoms with van der Waals surface area (Å²) in [6.07, 6.45) is 6.03. The molecule has 1 aromatic carbocycles. The Labute approximate surface area is 196 Å². The number of aromatic amines is 1. The Hall–Kier alpha value is -2.73. The number of carbonyl (C=O) groups is 2. The Kier molecular flexibility index (Phi) is 4.84. The van der Waals surface area contributed by atoms with Crippen LogP contribution in [0.3, 0.4) is 0 Å². The molecule has 2 saturated heterocycles. The molecule has 3 aromatic rings. The van der Waals surface area contributed by atoms with Crippen LogP contribution in [0.5, 0.6) is 0 Å². The van der Waals surface area contributed by atoms with E-state index in [-0.39, 0.29) is 29.8 Å². The number of aliphatic carboxylic acids is 1. The van der Waals surface area contributed by atoms with Crippen LogP contribution in [0.1, 0.15) is 50.5 Å². The van der Waals surface area contributed by atoms with Crippen molar-refractivity contribution in [2.75, 3.05) is 0 Å². The fourth-order valence-electron chi connectivity index (χ4n) is 7.02. The van der Waals surface area contributed by atoms with Crippen LogP contribution in [-0.2, 0) is 9.59 Å². The zero-order valence-corrected chi connectivity index (χ0v) is 19.2. The van der Waals surface area contributed by atoms with E-state index in [0.29, 0.717) is 23.3 Å². The second kappa shape index (κ2) is 7.66. The van der Waals surface area contributed by atoms with Crippen molar-refractivity contribution in [3.05, 3.63) is 47.3 Å². The smallest absolute Gasteiger partial charge is 0.308 e. The molecule has 7 heteroatoms. The highest BCUT2D eigenvalue weighted by molar-refractivity contribution is 6.29. The number of furan rings is 1. The zero-order chi connectivity index (χ0) is 22.9. The van der Waals surface area contributed by atoms with Gasteiger partial charge in [0.25, 0.3) is 0 Å². The van der Waals surface area contributed by atoms with E-state index in [2.05, 4.69) is 11.9 Å². The highest BCUT2D eigenvalue weighted by atomic mass is 35.5. The summed E-state index contributed by atoms with van der Waals surface area (Å²) >= 11 is 6.02. The van der Waals surface area contributed by atoms with Crippen LogP contribution >= 0.6 is 11.6 Å². The van der Waals surface area contributed by atoms with Gasteiger partial charge in [0, 0.05) is 41.2 Å². The number of H-pyrrole nitrogens is 1. The van der Waals surface area contributed by atoms with Gasteiger partial charge in [0.15, 0.2) is 5.22 Å². The molecule has 7 rings (SSSR count). The van der Waals surface area contributed by atoms with Crippen molar-refractivity contribution in [1.82, 2.24) is 9.88 Å². The van der Waals surface area contributed by atoms with Gasteiger partial charge in [0.2, 0.25) is 5.91 Å². The number of piperidine rings is 2. The standard InChI is InChI=1S/C26H27ClN2O4/c1-13(18-12-28-19-4-2-3-17(25(18)19)21-5-6-22(27)33-21)7-23(30)29-16-9-14-8-15(11-16)24(26(31)32)20(29)10-14/h2-6,12-16,20,24,28H,7-11H2,1H3,(H,31,32). The molecule has 4 fully saturated rings. The Morgan fingerprint density at radius 2 is 2.06 bits per heavy atom. The SMILES string of the molecule is CC(CC(=O)N1C2CC3CC(C2)C(C(=O)O)C1C3)c1c[nH]c2cccc(-c3ccc(Cl)o3)c12. The van der Waals surface area contributed by atoms with E-state index >= 15 is 0 Å². The molecule has 33 heavy (non-hydrogen) atoms. The summed E-state index contributed by atoms with van der Waals surface area (Å²) in [4.78, 5) is 30.9. The quantitative estimate of drug-likeness (QED) is 0.506. The highest BCUT2D eigenvalue weighted by Crippen LogP contribution is 2.52. The number of aromatic nitrogens is 1. The van der Waals surface area contributed by atoms with E-state index in [0.717, 1.165) is 47.7 Å². The molecule has 172 valence electrons. The fourth-order valence-corrected chi connectivity index (χ4v) is 7.17. The van der Waals surface area contributed by atoms with E-state index < -0.39 is 11.9 Å². The predicted molar refractivity (Wildman–Crippen MR) is 125 cm³/mol. The van der Waals surface area contributed by atoms with E-state index in [9.17, 15) is 14.7 Å². The number of carboxylic acid groups (broad SMARTS) is 1. The molecular weight excluding hydrogens is 440 g/mol. The molecular formula is C26H27ClN2O4. The number of carboxylic acids is 1. The summed E-state index contributed by atoms with van der Waals surface area (Å²) in [7, 11) is 0. The number of fused-ring (bicyclic) bond motifs is 1. The zero-order valence-electron chi connectivity index (χ0n) is 18.5. The lowest BCUT2D eigenvalue weighted by molar-refractivity contribution is -0.171. The van der Waals surface area contributed by atoms with Crippen LogP contribution in [0.15, 0.2) is 40.9 Å². The third kappa shape index (κ3) is 3.30. The minimum atomic E-state index is -0.743. The van der Waals surface area contributed by atoms with Gasteiger partial charge in [-0.3, -0.25) is 9.59 Å². The molecule has 0 spiro atoms. The summed E-state index contributed by atoms with van der Waals surface area (Å²) in [5.74, 6) is 0.385. The molecule has 4 aliphatic rings. The summed E-state index contributed by atoms with van der Waals surface area (Å²) < 4.78 is 5.68. The second-order valence-electron chi connectivity index (χ2n) is 10.1.